The van der Waals surface area contributed by atoms with E-state index in [1.807, 2.05) is 20.8 Å². The Kier molecular flexibility index (Phi) is 4.99. The number of rotatable bonds is 5. The van der Waals surface area contributed by atoms with Gasteiger partial charge in [0.2, 0.25) is 0 Å². The Morgan fingerprint density at radius 2 is 2.17 bits per heavy atom. The van der Waals surface area contributed by atoms with Gasteiger partial charge >= 0.3 is 0 Å². The monoisotopic (exact) mass is 270 g/mol. The fourth-order valence-corrected chi connectivity index (χ4v) is 1.75. The van der Waals surface area contributed by atoms with Crippen molar-refractivity contribution in [2.75, 3.05) is 18.9 Å². The van der Waals surface area contributed by atoms with Crippen molar-refractivity contribution in [1.29, 1.82) is 0 Å². The van der Waals surface area contributed by atoms with E-state index in [4.69, 9.17) is 22.1 Å². The molecule has 5 heteroatoms. The quantitative estimate of drug-likeness (QED) is 0.808. The van der Waals surface area contributed by atoms with Crippen LogP contribution in [0.15, 0.2) is 18.2 Å². The lowest BCUT2D eigenvalue weighted by atomic mass is 10.1. The second kappa shape index (κ2) is 6.07. The van der Waals surface area contributed by atoms with E-state index in [9.17, 15) is 4.79 Å². The highest BCUT2D eigenvalue weighted by atomic mass is 35.5. The largest absolute Gasteiger partial charge is 0.398 e. The molecular weight excluding hydrogens is 252 g/mol. The Morgan fingerprint density at radius 3 is 2.72 bits per heavy atom. The Labute approximate surface area is 112 Å². The molecule has 0 aliphatic rings. The van der Waals surface area contributed by atoms with Crippen LogP contribution in [0.3, 0.4) is 0 Å². The Morgan fingerprint density at radius 1 is 1.50 bits per heavy atom. The fourth-order valence-electron chi connectivity index (χ4n) is 1.57. The van der Waals surface area contributed by atoms with Crippen molar-refractivity contribution in [2.45, 2.75) is 26.4 Å². The van der Waals surface area contributed by atoms with E-state index in [2.05, 4.69) is 5.32 Å². The first-order chi connectivity index (χ1) is 8.35. The van der Waals surface area contributed by atoms with Crippen LogP contribution in [0.25, 0.3) is 0 Å². The van der Waals surface area contributed by atoms with Gasteiger partial charge in [0.05, 0.1) is 11.2 Å². The number of hydrogen-bond donors (Lipinski definition) is 2. The molecule has 1 amide bonds. The second-order valence-electron chi connectivity index (χ2n) is 4.61. The summed E-state index contributed by atoms with van der Waals surface area (Å²) < 4.78 is 5.50. The van der Waals surface area contributed by atoms with Crippen LogP contribution in [0.5, 0.6) is 0 Å². The standard InChI is InChI=1S/C13H19ClN2O2/c1-4-18-13(2,3)8-16-12(17)10-6-5-9(14)7-11(10)15/h5-7H,4,8,15H2,1-3H3,(H,16,17). The van der Waals surface area contributed by atoms with Crippen LogP contribution in [0.4, 0.5) is 5.69 Å². The summed E-state index contributed by atoms with van der Waals surface area (Å²) in [6, 6.07) is 4.81. The van der Waals surface area contributed by atoms with Crippen LogP contribution in [0, 0.1) is 0 Å². The van der Waals surface area contributed by atoms with E-state index < -0.39 is 5.60 Å². The summed E-state index contributed by atoms with van der Waals surface area (Å²) in [6.45, 7) is 6.78. The van der Waals surface area contributed by atoms with Gasteiger partial charge in [-0.15, -0.1) is 0 Å². The minimum Gasteiger partial charge on any atom is -0.398 e. The second-order valence-corrected chi connectivity index (χ2v) is 5.04. The minimum absolute atomic E-state index is 0.225. The normalized spacial score (nSPS) is 11.3. The van der Waals surface area contributed by atoms with Gasteiger partial charge < -0.3 is 15.8 Å². The zero-order chi connectivity index (χ0) is 13.8. The fraction of sp³-hybridized carbons (Fsp3) is 0.462. The van der Waals surface area contributed by atoms with Crippen molar-refractivity contribution in [3.05, 3.63) is 28.8 Å². The van der Waals surface area contributed by atoms with Crippen LogP contribution >= 0.6 is 11.6 Å². The molecule has 0 spiro atoms. The highest BCUT2D eigenvalue weighted by Crippen LogP contribution is 2.18. The smallest absolute Gasteiger partial charge is 0.253 e. The third kappa shape index (κ3) is 4.20. The number of nitrogen functional groups attached to an aromatic ring is 1. The lowest BCUT2D eigenvalue weighted by molar-refractivity contribution is -0.00814. The molecule has 1 aromatic rings. The zero-order valence-electron chi connectivity index (χ0n) is 10.9. The van der Waals surface area contributed by atoms with Gasteiger partial charge in [-0.2, -0.15) is 0 Å². The van der Waals surface area contributed by atoms with Gasteiger partial charge in [-0.3, -0.25) is 4.79 Å². The summed E-state index contributed by atoms with van der Waals surface area (Å²) in [4.78, 5) is 11.9. The van der Waals surface area contributed by atoms with Crippen LogP contribution in [-0.2, 0) is 4.74 Å². The van der Waals surface area contributed by atoms with E-state index in [0.717, 1.165) is 0 Å². The van der Waals surface area contributed by atoms with Gasteiger partial charge in [-0.25, -0.2) is 0 Å². The average molecular weight is 271 g/mol. The first-order valence-electron chi connectivity index (χ1n) is 5.83. The Bertz CT molecular complexity index is 433. The molecule has 0 saturated carbocycles. The lowest BCUT2D eigenvalue weighted by Crippen LogP contribution is -2.40. The number of carbonyl (C=O) groups is 1. The van der Waals surface area contributed by atoms with E-state index in [0.29, 0.717) is 29.4 Å². The predicted molar refractivity (Wildman–Crippen MR) is 73.9 cm³/mol. The van der Waals surface area contributed by atoms with E-state index >= 15 is 0 Å². The molecule has 0 bridgehead atoms. The van der Waals surface area contributed by atoms with Gasteiger partial charge in [0.25, 0.3) is 5.91 Å². The van der Waals surface area contributed by atoms with Crippen LogP contribution < -0.4 is 11.1 Å². The Balaban J connectivity index is 2.66. The molecule has 0 aliphatic carbocycles. The number of nitrogens with two attached hydrogens (primary N) is 1. The molecule has 0 heterocycles. The van der Waals surface area contributed by atoms with Crippen molar-refractivity contribution in [2.24, 2.45) is 0 Å². The number of benzene rings is 1. The highest BCUT2D eigenvalue weighted by Gasteiger charge is 2.19. The summed E-state index contributed by atoms with van der Waals surface area (Å²) in [5, 5.41) is 3.31. The predicted octanol–water partition coefficient (Wildman–Crippen LogP) is 2.47. The van der Waals surface area contributed by atoms with Crippen molar-refractivity contribution >= 4 is 23.2 Å². The maximum atomic E-state index is 11.9. The summed E-state index contributed by atoms with van der Waals surface area (Å²) in [6.07, 6.45) is 0. The molecule has 3 N–H and O–H groups in total. The number of anilines is 1. The topological polar surface area (TPSA) is 64.3 Å². The molecule has 0 fully saturated rings. The van der Waals surface area contributed by atoms with Gasteiger partial charge in [0, 0.05) is 23.9 Å². The van der Waals surface area contributed by atoms with Crippen molar-refractivity contribution in [1.82, 2.24) is 5.32 Å². The number of halogens is 1. The molecule has 0 aliphatic heterocycles. The third-order valence-electron chi connectivity index (χ3n) is 2.47. The molecule has 0 radical (unpaired) electrons. The third-order valence-corrected chi connectivity index (χ3v) is 2.70. The molecule has 0 aromatic heterocycles. The van der Waals surface area contributed by atoms with Gasteiger partial charge in [-0.1, -0.05) is 11.6 Å². The van der Waals surface area contributed by atoms with Gasteiger partial charge in [0.15, 0.2) is 0 Å². The first kappa shape index (κ1) is 14.8. The van der Waals surface area contributed by atoms with E-state index in [1.54, 1.807) is 18.2 Å². The van der Waals surface area contributed by atoms with Crippen molar-refractivity contribution < 1.29 is 9.53 Å². The molecule has 0 saturated heterocycles. The summed E-state index contributed by atoms with van der Waals surface area (Å²) >= 11 is 5.78. The average Bonchev–Trinajstić information content (AvgIpc) is 2.26. The van der Waals surface area contributed by atoms with Gasteiger partial charge in [0.1, 0.15) is 0 Å². The summed E-state index contributed by atoms with van der Waals surface area (Å²) in [5.41, 5.74) is 6.14. The number of carbonyl (C=O) groups excluding carboxylic acids is 1. The molecule has 4 nitrogen and oxygen atoms in total. The molecule has 1 aromatic carbocycles. The Hall–Kier alpha value is -1.26. The molecule has 0 atom stereocenters. The zero-order valence-corrected chi connectivity index (χ0v) is 11.7. The number of nitrogens with one attached hydrogen (secondary N) is 1. The maximum absolute atomic E-state index is 11.9. The summed E-state index contributed by atoms with van der Waals surface area (Å²) in [7, 11) is 0. The highest BCUT2D eigenvalue weighted by molar-refractivity contribution is 6.31. The first-order valence-corrected chi connectivity index (χ1v) is 6.20. The number of ether oxygens (including phenoxy) is 1. The molecule has 0 unspecified atom stereocenters. The minimum atomic E-state index is -0.397. The van der Waals surface area contributed by atoms with Crippen molar-refractivity contribution in [3.63, 3.8) is 0 Å². The molecule has 100 valence electrons. The molecular formula is C13H19ClN2O2. The van der Waals surface area contributed by atoms with Crippen LogP contribution in [0.1, 0.15) is 31.1 Å². The lowest BCUT2D eigenvalue weighted by Gasteiger charge is -2.25. The van der Waals surface area contributed by atoms with E-state index in [-0.39, 0.29) is 5.91 Å². The van der Waals surface area contributed by atoms with E-state index in [1.165, 1.54) is 0 Å². The molecule has 18 heavy (non-hydrogen) atoms. The van der Waals surface area contributed by atoms with Crippen LogP contribution in [-0.4, -0.2) is 24.7 Å². The van der Waals surface area contributed by atoms with Crippen LogP contribution in [0.2, 0.25) is 5.02 Å². The molecule has 1 rings (SSSR count). The number of amides is 1. The van der Waals surface area contributed by atoms with Crippen molar-refractivity contribution in [3.8, 4) is 0 Å². The maximum Gasteiger partial charge on any atom is 0.253 e. The van der Waals surface area contributed by atoms with Gasteiger partial charge in [-0.05, 0) is 39.0 Å². The number of hydrogen-bond acceptors (Lipinski definition) is 3. The summed E-state index contributed by atoms with van der Waals surface area (Å²) in [5.74, 6) is -0.225. The SMILES string of the molecule is CCOC(C)(C)CNC(=O)c1ccc(Cl)cc1N.